The summed E-state index contributed by atoms with van der Waals surface area (Å²) in [6, 6.07) is 7.89. The van der Waals surface area contributed by atoms with Crippen LogP contribution in [-0.4, -0.2) is 39.9 Å². The molecule has 0 bridgehead atoms. The summed E-state index contributed by atoms with van der Waals surface area (Å²) in [7, 11) is 0. The molecule has 0 amide bonds. The number of carboxylic acid groups (broad SMARTS) is 1. The molecule has 2 aromatic rings. The van der Waals surface area contributed by atoms with Gasteiger partial charge in [-0.05, 0) is 18.4 Å². The number of carboxylic acids is 1. The van der Waals surface area contributed by atoms with Gasteiger partial charge < -0.3 is 14.6 Å². The number of unbranched alkanes of at least 4 members (excludes halogenated alkanes) is 5. The van der Waals surface area contributed by atoms with Gasteiger partial charge in [0.15, 0.2) is 17.7 Å². The summed E-state index contributed by atoms with van der Waals surface area (Å²) in [5, 5.41) is 9.21. The SMILES string of the molecule is CCCCCCCCOc1cnc(-c2ccccc2C(CC)[C@H]2O[C@H]2C(=O)O)nc1. The fourth-order valence-corrected chi connectivity index (χ4v) is 3.88. The molecule has 3 atom stereocenters. The van der Waals surface area contributed by atoms with Crippen LogP contribution in [0, 0.1) is 0 Å². The smallest absolute Gasteiger partial charge is 0.335 e. The zero-order chi connectivity index (χ0) is 21.3. The first kappa shape index (κ1) is 22.2. The molecule has 1 saturated heterocycles. The van der Waals surface area contributed by atoms with Crippen molar-refractivity contribution in [2.45, 2.75) is 76.9 Å². The monoisotopic (exact) mass is 412 g/mol. The van der Waals surface area contributed by atoms with Crippen LogP contribution in [0.2, 0.25) is 0 Å². The van der Waals surface area contributed by atoms with Gasteiger partial charge in [0, 0.05) is 11.5 Å². The van der Waals surface area contributed by atoms with Gasteiger partial charge >= 0.3 is 5.97 Å². The topological polar surface area (TPSA) is 84.8 Å². The molecule has 162 valence electrons. The molecular weight excluding hydrogens is 380 g/mol. The second-order valence-corrected chi connectivity index (χ2v) is 7.82. The molecule has 1 aliphatic rings. The quantitative estimate of drug-likeness (QED) is 0.358. The molecule has 1 aromatic carbocycles. The number of hydrogen-bond acceptors (Lipinski definition) is 5. The van der Waals surface area contributed by atoms with E-state index >= 15 is 0 Å². The molecule has 1 aromatic heterocycles. The molecule has 0 spiro atoms. The van der Waals surface area contributed by atoms with Gasteiger partial charge in [-0.25, -0.2) is 14.8 Å². The van der Waals surface area contributed by atoms with E-state index in [0.29, 0.717) is 18.2 Å². The molecule has 1 fully saturated rings. The molecule has 0 radical (unpaired) electrons. The van der Waals surface area contributed by atoms with Crippen molar-refractivity contribution in [1.29, 1.82) is 0 Å². The summed E-state index contributed by atoms with van der Waals surface area (Å²) in [6.45, 7) is 4.95. The van der Waals surface area contributed by atoms with Crippen molar-refractivity contribution in [3.63, 3.8) is 0 Å². The Kier molecular flexibility index (Phi) is 8.20. The van der Waals surface area contributed by atoms with Crippen molar-refractivity contribution in [1.82, 2.24) is 9.97 Å². The van der Waals surface area contributed by atoms with Gasteiger partial charge in [0.1, 0.15) is 6.10 Å². The van der Waals surface area contributed by atoms with Crippen molar-refractivity contribution in [3.8, 4) is 17.1 Å². The lowest BCUT2D eigenvalue weighted by Gasteiger charge is -2.17. The highest BCUT2D eigenvalue weighted by atomic mass is 16.6. The van der Waals surface area contributed by atoms with Crippen LogP contribution >= 0.6 is 0 Å². The van der Waals surface area contributed by atoms with E-state index in [1.165, 1.54) is 32.1 Å². The zero-order valence-corrected chi connectivity index (χ0v) is 17.9. The number of ether oxygens (including phenoxy) is 2. The molecule has 2 heterocycles. The Morgan fingerprint density at radius 2 is 1.80 bits per heavy atom. The van der Waals surface area contributed by atoms with E-state index in [1.807, 2.05) is 31.2 Å². The molecule has 1 N–H and O–H groups in total. The van der Waals surface area contributed by atoms with E-state index in [4.69, 9.17) is 9.47 Å². The molecule has 3 rings (SSSR count). The van der Waals surface area contributed by atoms with Crippen LogP contribution in [0.3, 0.4) is 0 Å². The van der Waals surface area contributed by atoms with E-state index in [-0.39, 0.29) is 12.0 Å². The highest BCUT2D eigenvalue weighted by Gasteiger charge is 2.50. The van der Waals surface area contributed by atoms with Gasteiger partial charge in [0.2, 0.25) is 0 Å². The van der Waals surface area contributed by atoms with Gasteiger partial charge in [0.25, 0.3) is 0 Å². The predicted octanol–water partition coefficient (Wildman–Crippen LogP) is 5.23. The molecule has 1 unspecified atom stereocenters. The van der Waals surface area contributed by atoms with Gasteiger partial charge in [-0.15, -0.1) is 0 Å². The zero-order valence-electron chi connectivity index (χ0n) is 17.9. The van der Waals surface area contributed by atoms with Crippen LogP contribution < -0.4 is 4.74 Å². The minimum Gasteiger partial charge on any atom is -0.490 e. The molecule has 0 saturated carbocycles. The molecule has 0 aliphatic carbocycles. The second kappa shape index (κ2) is 11.1. The number of aromatic nitrogens is 2. The summed E-state index contributed by atoms with van der Waals surface area (Å²) in [5.74, 6) is 0.380. The molecular formula is C24H32N2O4. The number of benzene rings is 1. The third-order valence-electron chi connectivity index (χ3n) is 5.60. The van der Waals surface area contributed by atoms with Crippen LogP contribution in [0.1, 0.15) is 70.3 Å². The number of hydrogen-bond donors (Lipinski definition) is 1. The van der Waals surface area contributed by atoms with E-state index in [1.54, 1.807) is 12.4 Å². The van der Waals surface area contributed by atoms with Crippen LogP contribution in [0.15, 0.2) is 36.7 Å². The third-order valence-corrected chi connectivity index (χ3v) is 5.60. The lowest BCUT2D eigenvalue weighted by molar-refractivity contribution is -0.138. The Hall–Kier alpha value is -2.47. The molecule has 6 heteroatoms. The normalized spacial score (nSPS) is 18.7. The third kappa shape index (κ3) is 5.79. The average Bonchev–Trinajstić information content (AvgIpc) is 3.56. The highest BCUT2D eigenvalue weighted by molar-refractivity contribution is 5.76. The predicted molar refractivity (Wildman–Crippen MR) is 116 cm³/mol. The Balaban J connectivity index is 1.61. The first-order chi connectivity index (χ1) is 14.7. The first-order valence-corrected chi connectivity index (χ1v) is 11.1. The number of rotatable bonds is 13. The van der Waals surface area contributed by atoms with Crippen LogP contribution in [-0.2, 0) is 9.53 Å². The Bertz CT molecular complexity index is 809. The van der Waals surface area contributed by atoms with E-state index in [0.717, 1.165) is 24.0 Å². The van der Waals surface area contributed by atoms with Gasteiger partial charge in [0.05, 0.1) is 19.0 Å². The van der Waals surface area contributed by atoms with Crippen LogP contribution in [0.5, 0.6) is 5.75 Å². The van der Waals surface area contributed by atoms with Crippen LogP contribution in [0.4, 0.5) is 0 Å². The van der Waals surface area contributed by atoms with Crippen molar-refractivity contribution in [3.05, 3.63) is 42.2 Å². The number of aliphatic carboxylic acids is 1. The van der Waals surface area contributed by atoms with E-state index < -0.39 is 12.1 Å². The minimum atomic E-state index is -0.904. The number of epoxide rings is 1. The Morgan fingerprint density at radius 1 is 1.10 bits per heavy atom. The van der Waals surface area contributed by atoms with Crippen LogP contribution in [0.25, 0.3) is 11.4 Å². The van der Waals surface area contributed by atoms with E-state index in [2.05, 4.69) is 16.9 Å². The van der Waals surface area contributed by atoms with Crippen molar-refractivity contribution in [2.24, 2.45) is 0 Å². The number of nitrogens with zero attached hydrogens (tertiary/aromatic N) is 2. The molecule has 30 heavy (non-hydrogen) atoms. The minimum absolute atomic E-state index is 0.00506. The molecule has 6 nitrogen and oxygen atoms in total. The fourth-order valence-electron chi connectivity index (χ4n) is 3.88. The largest absolute Gasteiger partial charge is 0.490 e. The maximum atomic E-state index is 11.2. The molecule has 1 aliphatic heterocycles. The van der Waals surface area contributed by atoms with Crippen molar-refractivity contribution in [2.75, 3.05) is 6.61 Å². The van der Waals surface area contributed by atoms with Gasteiger partial charge in [-0.1, -0.05) is 70.2 Å². The maximum absolute atomic E-state index is 11.2. The van der Waals surface area contributed by atoms with Gasteiger partial charge in [-0.2, -0.15) is 0 Å². The van der Waals surface area contributed by atoms with Crippen molar-refractivity contribution >= 4 is 5.97 Å². The summed E-state index contributed by atoms with van der Waals surface area (Å²) in [5.41, 5.74) is 1.93. The highest BCUT2D eigenvalue weighted by Crippen LogP contribution is 2.41. The number of carbonyl (C=O) groups is 1. The summed E-state index contributed by atoms with van der Waals surface area (Å²) < 4.78 is 11.2. The fraction of sp³-hybridized carbons (Fsp3) is 0.542. The van der Waals surface area contributed by atoms with E-state index in [9.17, 15) is 9.90 Å². The lowest BCUT2D eigenvalue weighted by atomic mass is 9.88. The van der Waals surface area contributed by atoms with Gasteiger partial charge in [-0.3, -0.25) is 0 Å². The maximum Gasteiger partial charge on any atom is 0.335 e. The van der Waals surface area contributed by atoms with Crippen molar-refractivity contribution < 1.29 is 19.4 Å². The summed E-state index contributed by atoms with van der Waals surface area (Å²) in [6.07, 6.45) is 10.5. The Labute approximate surface area is 178 Å². The first-order valence-electron chi connectivity index (χ1n) is 11.1. The summed E-state index contributed by atoms with van der Waals surface area (Å²) >= 11 is 0. The Morgan fingerprint density at radius 3 is 2.47 bits per heavy atom. The average molecular weight is 413 g/mol. The standard InChI is InChI=1S/C24H32N2O4/c1-3-5-6-7-8-11-14-29-17-15-25-23(26-16-17)20-13-10-9-12-19(20)18(4-2)21-22(30-21)24(27)28/h9-10,12-13,15-16,18,21-22H,3-8,11,14H2,1-2H3,(H,27,28)/t18?,21-,22-/m1/s1. The second-order valence-electron chi connectivity index (χ2n) is 7.82. The lowest BCUT2D eigenvalue weighted by Crippen LogP contribution is -2.15. The summed E-state index contributed by atoms with van der Waals surface area (Å²) in [4.78, 5) is 20.2.